The number of halogens is 1. The van der Waals surface area contributed by atoms with E-state index in [-0.39, 0.29) is 0 Å². The highest BCUT2D eigenvalue weighted by molar-refractivity contribution is 9.10. The Hall–Kier alpha value is -0.540. The monoisotopic (exact) mass is 338 g/mol. The molecule has 112 valence electrons. The summed E-state index contributed by atoms with van der Waals surface area (Å²) in [5.74, 6) is 0.927. The first-order chi connectivity index (χ1) is 9.74. The van der Waals surface area contributed by atoms with Gasteiger partial charge < -0.3 is 10.2 Å². The van der Waals surface area contributed by atoms with Gasteiger partial charge in [0.25, 0.3) is 0 Å². The van der Waals surface area contributed by atoms with Gasteiger partial charge in [0.15, 0.2) is 0 Å². The second-order valence-electron chi connectivity index (χ2n) is 5.75. The molecule has 2 nitrogen and oxygen atoms in total. The highest BCUT2D eigenvalue weighted by atomic mass is 79.9. The maximum absolute atomic E-state index is 3.72. The topological polar surface area (TPSA) is 15.3 Å². The van der Waals surface area contributed by atoms with Crippen molar-refractivity contribution >= 4 is 21.6 Å². The third-order valence-electron chi connectivity index (χ3n) is 4.39. The van der Waals surface area contributed by atoms with Crippen LogP contribution in [0.25, 0.3) is 0 Å². The lowest BCUT2D eigenvalue weighted by Gasteiger charge is -2.23. The van der Waals surface area contributed by atoms with Crippen LogP contribution in [0.15, 0.2) is 22.7 Å². The van der Waals surface area contributed by atoms with Gasteiger partial charge in [-0.3, -0.25) is 0 Å². The molecular formula is C17H27BrN2. The van der Waals surface area contributed by atoms with E-state index >= 15 is 0 Å². The number of rotatable bonds is 5. The molecule has 0 aromatic heterocycles. The van der Waals surface area contributed by atoms with E-state index in [1.165, 1.54) is 54.5 Å². The summed E-state index contributed by atoms with van der Waals surface area (Å²) in [4.78, 5) is 2.55. The first-order valence-electron chi connectivity index (χ1n) is 7.98. The van der Waals surface area contributed by atoms with Crippen LogP contribution in [-0.2, 0) is 6.54 Å². The smallest absolute Gasteiger partial charge is 0.0377 e. The summed E-state index contributed by atoms with van der Waals surface area (Å²) < 4.78 is 1.23. The fourth-order valence-electron chi connectivity index (χ4n) is 2.97. The summed E-state index contributed by atoms with van der Waals surface area (Å²) in [5.41, 5.74) is 2.71. The largest absolute Gasteiger partial charge is 0.371 e. The number of hydrogen-bond acceptors (Lipinski definition) is 2. The molecule has 1 aliphatic heterocycles. The molecule has 20 heavy (non-hydrogen) atoms. The highest BCUT2D eigenvalue weighted by Gasteiger charge is 2.16. The zero-order valence-electron chi connectivity index (χ0n) is 12.8. The number of hydrogen-bond donors (Lipinski definition) is 1. The van der Waals surface area contributed by atoms with Gasteiger partial charge >= 0.3 is 0 Å². The van der Waals surface area contributed by atoms with Gasteiger partial charge in [-0.1, -0.05) is 42.3 Å². The number of nitrogens with one attached hydrogen (secondary N) is 1. The highest BCUT2D eigenvalue weighted by Crippen LogP contribution is 2.28. The van der Waals surface area contributed by atoms with Gasteiger partial charge in [0.05, 0.1) is 0 Å². The average Bonchev–Trinajstić information content (AvgIpc) is 2.71. The Morgan fingerprint density at radius 1 is 1.25 bits per heavy atom. The normalized spacial score (nSPS) is 19.9. The van der Waals surface area contributed by atoms with Crippen molar-refractivity contribution in [1.82, 2.24) is 5.32 Å². The Kier molecular flexibility index (Phi) is 6.37. The molecule has 0 spiro atoms. The second-order valence-corrected chi connectivity index (χ2v) is 6.60. The maximum atomic E-state index is 3.72. The number of nitrogens with zero attached hydrogens (tertiary/aromatic N) is 1. The van der Waals surface area contributed by atoms with Gasteiger partial charge in [-0.15, -0.1) is 0 Å². The van der Waals surface area contributed by atoms with Crippen LogP contribution in [0.1, 0.15) is 45.1 Å². The Morgan fingerprint density at radius 3 is 2.80 bits per heavy atom. The quantitative estimate of drug-likeness (QED) is 0.845. The number of benzene rings is 1. The van der Waals surface area contributed by atoms with E-state index < -0.39 is 0 Å². The molecule has 0 radical (unpaired) electrons. The first kappa shape index (κ1) is 15.8. The minimum absolute atomic E-state index is 0.927. The van der Waals surface area contributed by atoms with Crippen LogP contribution in [0.3, 0.4) is 0 Å². The molecule has 1 N–H and O–H groups in total. The second kappa shape index (κ2) is 8.04. The minimum Gasteiger partial charge on any atom is -0.371 e. The molecule has 1 aromatic carbocycles. The van der Waals surface area contributed by atoms with Crippen molar-refractivity contribution in [2.75, 3.05) is 24.5 Å². The first-order valence-corrected chi connectivity index (χ1v) is 8.78. The van der Waals surface area contributed by atoms with E-state index in [4.69, 9.17) is 0 Å². The van der Waals surface area contributed by atoms with Crippen LogP contribution < -0.4 is 10.2 Å². The van der Waals surface area contributed by atoms with Crippen molar-refractivity contribution in [2.45, 2.75) is 46.1 Å². The molecule has 0 saturated carbocycles. The molecular weight excluding hydrogens is 312 g/mol. The lowest BCUT2D eigenvalue weighted by atomic mass is 9.98. The van der Waals surface area contributed by atoms with E-state index in [1.807, 2.05) is 0 Å². The summed E-state index contributed by atoms with van der Waals surface area (Å²) in [5, 5.41) is 3.38. The van der Waals surface area contributed by atoms with Crippen molar-refractivity contribution in [3.8, 4) is 0 Å². The average molecular weight is 339 g/mol. The molecule has 1 aliphatic rings. The molecule has 1 atom stereocenters. The molecule has 1 fully saturated rings. The van der Waals surface area contributed by atoms with Crippen LogP contribution in [0.2, 0.25) is 0 Å². The van der Waals surface area contributed by atoms with E-state index in [0.717, 1.165) is 19.0 Å². The predicted octanol–water partition coefficient (Wildman–Crippen LogP) is 4.58. The van der Waals surface area contributed by atoms with Gasteiger partial charge in [0.1, 0.15) is 0 Å². The molecule has 1 aromatic rings. The van der Waals surface area contributed by atoms with Crippen molar-refractivity contribution in [2.24, 2.45) is 5.92 Å². The zero-order chi connectivity index (χ0) is 14.4. The minimum atomic E-state index is 0.927. The third kappa shape index (κ3) is 4.23. The molecule has 1 saturated heterocycles. The zero-order valence-corrected chi connectivity index (χ0v) is 14.4. The van der Waals surface area contributed by atoms with E-state index in [2.05, 4.69) is 58.2 Å². The van der Waals surface area contributed by atoms with Crippen molar-refractivity contribution in [3.63, 3.8) is 0 Å². The SMILES string of the molecule is CCNCc1ccc(N2CCCC(CC)CC2)cc1Br. The summed E-state index contributed by atoms with van der Waals surface area (Å²) in [7, 11) is 0. The fraction of sp³-hybridized carbons (Fsp3) is 0.647. The number of anilines is 1. The van der Waals surface area contributed by atoms with Crippen molar-refractivity contribution in [1.29, 1.82) is 0 Å². The molecule has 1 heterocycles. The van der Waals surface area contributed by atoms with Gasteiger partial charge in [-0.25, -0.2) is 0 Å². The summed E-state index contributed by atoms with van der Waals surface area (Å²) in [6.07, 6.45) is 5.40. The lowest BCUT2D eigenvalue weighted by molar-refractivity contribution is 0.459. The standard InChI is InChI=1S/C17H27BrN2/c1-3-14-6-5-10-20(11-9-14)16-8-7-15(13-19-4-2)17(18)12-16/h7-8,12,14,19H,3-6,9-11,13H2,1-2H3. The Bertz CT molecular complexity index is 419. The van der Waals surface area contributed by atoms with E-state index in [0.29, 0.717) is 0 Å². The van der Waals surface area contributed by atoms with Crippen LogP contribution in [0, 0.1) is 5.92 Å². The Morgan fingerprint density at radius 2 is 2.10 bits per heavy atom. The predicted molar refractivity (Wildman–Crippen MR) is 91.4 cm³/mol. The Balaban J connectivity index is 2.03. The Labute approximate surface area is 132 Å². The molecule has 3 heteroatoms. The molecule has 0 bridgehead atoms. The summed E-state index contributed by atoms with van der Waals surface area (Å²) in [6.45, 7) is 8.83. The van der Waals surface area contributed by atoms with Crippen LogP contribution >= 0.6 is 15.9 Å². The lowest BCUT2D eigenvalue weighted by Crippen LogP contribution is -2.24. The molecule has 1 unspecified atom stereocenters. The maximum Gasteiger partial charge on any atom is 0.0377 e. The van der Waals surface area contributed by atoms with Gasteiger partial charge in [0.2, 0.25) is 0 Å². The summed E-state index contributed by atoms with van der Waals surface area (Å²) in [6, 6.07) is 6.83. The van der Waals surface area contributed by atoms with Crippen LogP contribution in [0.5, 0.6) is 0 Å². The molecule has 2 rings (SSSR count). The van der Waals surface area contributed by atoms with Crippen LogP contribution in [0.4, 0.5) is 5.69 Å². The van der Waals surface area contributed by atoms with E-state index in [1.54, 1.807) is 0 Å². The van der Waals surface area contributed by atoms with Crippen LogP contribution in [-0.4, -0.2) is 19.6 Å². The van der Waals surface area contributed by atoms with Crippen molar-refractivity contribution < 1.29 is 0 Å². The molecule has 0 amide bonds. The summed E-state index contributed by atoms with van der Waals surface area (Å²) >= 11 is 3.72. The van der Waals surface area contributed by atoms with E-state index in [9.17, 15) is 0 Å². The van der Waals surface area contributed by atoms with Gasteiger partial charge in [-0.2, -0.15) is 0 Å². The molecule has 0 aliphatic carbocycles. The van der Waals surface area contributed by atoms with Crippen molar-refractivity contribution in [3.05, 3.63) is 28.2 Å². The fourth-order valence-corrected chi connectivity index (χ4v) is 3.47. The van der Waals surface area contributed by atoms with Gasteiger partial charge in [0, 0.05) is 29.8 Å². The van der Waals surface area contributed by atoms with Gasteiger partial charge in [-0.05, 0) is 49.4 Å². The third-order valence-corrected chi connectivity index (χ3v) is 5.13.